The molecule has 2 rings (SSSR count). The minimum absolute atomic E-state index is 0.0812. The zero-order chi connectivity index (χ0) is 20.6. The molecule has 0 bridgehead atoms. The number of halogens is 6. The van der Waals surface area contributed by atoms with Crippen LogP contribution in [0.2, 0.25) is 0 Å². The van der Waals surface area contributed by atoms with Crippen LogP contribution in [0.3, 0.4) is 0 Å². The molecule has 0 fully saturated rings. The van der Waals surface area contributed by atoms with Gasteiger partial charge in [-0.15, -0.1) is 0 Å². The standard InChI is InChI=1S/C17H18F6N2O2/c1-3-9(2)25(8-14(26)17(21,22)23)10-4-5-13-11(6-10)12(16(18,19)20)7-15(27)24-13/h4-7,9,14,26H,3,8H2,1-2H3,(H,24,27)/t9-,14-/m1/s1. The Balaban J connectivity index is 2.60. The number of hydrogen-bond donors (Lipinski definition) is 2. The fraction of sp³-hybridized carbons (Fsp3) is 0.471. The van der Waals surface area contributed by atoms with E-state index >= 15 is 0 Å². The van der Waals surface area contributed by atoms with Crippen LogP contribution >= 0.6 is 0 Å². The van der Waals surface area contributed by atoms with Crippen molar-refractivity contribution in [2.24, 2.45) is 0 Å². The monoisotopic (exact) mass is 396 g/mol. The van der Waals surface area contributed by atoms with Gasteiger partial charge in [0.1, 0.15) is 0 Å². The van der Waals surface area contributed by atoms with E-state index in [4.69, 9.17) is 0 Å². The average Bonchev–Trinajstić information content (AvgIpc) is 2.56. The second kappa shape index (κ2) is 7.41. The molecular weight excluding hydrogens is 378 g/mol. The highest BCUT2D eigenvalue weighted by atomic mass is 19.4. The van der Waals surface area contributed by atoms with Crippen LogP contribution in [0.25, 0.3) is 10.9 Å². The van der Waals surface area contributed by atoms with Crippen LogP contribution in [-0.4, -0.2) is 35.0 Å². The van der Waals surface area contributed by atoms with Gasteiger partial charge in [-0.2, -0.15) is 26.3 Å². The van der Waals surface area contributed by atoms with Crippen LogP contribution in [-0.2, 0) is 6.18 Å². The Hall–Kier alpha value is -2.23. The number of hydrogen-bond acceptors (Lipinski definition) is 3. The first-order valence-electron chi connectivity index (χ1n) is 8.10. The fourth-order valence-electron chi connectivity index (χ4n) is 2.70. The third-order valence-corrected chi connectivity index (χ3v) is 4.33. The molecule has 10 heteroatoms. The summed E-state index contributed by atoms with van der Waals surface area (Å²) in [5.74, 6) is 0. The quantitative estimate of drug-likeness (QED) is 0.749. The highest BCUT2D eigenvalue weighted by Gasteiger charge is 2.40. The fourth-order valence-corrected chi connectivity index (χ4v) is 2.70. The predicted molar refractivity (Wildman–Crippen MR) is 88.7 cm³/mol. The number of aromatic nitrogens is 1. The molecule has 0 saturated carbocycles. The number of nitrogens with zero attached hydrogens (tertiary/aromatic N) is 1. The Morgan fingerprint density at radius 2 is 1.78 bits per heavy atom. The molecule has 0 aliphatic heterocycles. The van der Waals surface area contributed by atoms with Gasteiger partial charge in [-0.3, -0.25) is 4.79 Å². The second-order valence-corrected chi connectivity index (χ2v) is 6.24. The van der Waals surface area contributed by atoms with Gasteiger partial charge in [-0.05, 0) is 31.5 Å². The van der Waals surface area contributed by atoms with E-state index in [2.05, 4.69) is 4.98 Å². The number of pyridine rings is 1. The van der Waals surface area contributed by atoms with Crippen molar-refractivity contribution in [1.29, 1.82) is 0 Å². The number of rotatable bonds is 5. The van der Waals surface area contributed by atoms with E-state index in [0.717, 1.165) is 6.07 Å². The third kappa shape index (κ3) is 4.74. The van der Waals surface area contributed by atoms with Gasteiger partial charge in [0.25, 0.3) is 0 Å². The maximum absolute atomic E-state index is 13.3. The molecule has 0 aliphatic carbocycles. The minimum Gasteiger partial charge on any atom is -0.382 e. The third-order valence-electron chi connectivity index (χ3n) is 4.33. The van der Waals surface area contributed by atoms with E-state index in [9.17, 15) is 36.2 Å². The highest BCUT2D eigenvalue weighted by Crippen LogP contribution is 2.35. The number of aliphatic hydroxyl groups is 1. The Kier molecular flexibility index (Phi) is 5.79. The molecule has 2 aromatic rings. The van der Waals surface area contributed by atoms with Crippen LogP contribution in [0.1, 0.15) is 25.8 Å². The molecule has 2 N–H and O–H groups in total. The number of aliphatic hydroxyl groups excluding tert-OH is 1. The molecule has 1 heterocycles. The first kappa shape index (κ1) is 21.1. The number of benzene rings is 1. The maximum Gasteiger partial charge on any atom is 0.417 e. The number of nitrogens with one attached hydrogen (secondary N) is 1. The smallest absolute Gasteiger partial charge is 0.382 e. The number of H-pyrrole nitrogens is 1. The van der Waals surface area contributed by atoms with Gasteiger partial charge < -0.3 is 15.0 Å². The van der Waals surface area contributed by atoms with Gasteiger partial charge in [-0.1, -0.05) is 6.92 Å². The zero-order valence-electron chi connectivity index (χ0n) is 14.4. The summed E-state index contributed by atoms with van der Waals surface area (Å²) in [4.78, 5) is 14.9. The summed E-state index contributed by atoms with van der Waals surface area (Å²) in [6.45, 7) is 2.48. The summed E-state index contributed by atoms with van der Waals surface area (Å²) in [5.41, 5.74) is -2.12. The molecular formula is C17H18F6N2O2. The lowest BCUT2D eigenvalue weighted by molar-refractivity contribution is -0.200. The van der Waals surface area contributed by atoms with Crippen molar-refractivity contribution in [2.75, 3.05) is 11.4 Å². The Morgan fingerprint density at radius 1 is 1.15 bits per heavy atom. The van der Waals surface area contributed by atoms with Gasteiger partial charge in [-0.25, -0.2) is 0 Å². The number of anilines is 1. The van der Waals surface area contributed by atoms with Crippen LogP contribution in [0.4, 0.5) is 32.0 Å². The number of alkyl halides is 6. The molecule has 1 aromatic heterocycles. The number of fused-ring (bicyclic) bond motifs is 1. The molecule has 4 nitrogen and oxygen atoms in total. The zero-order valence-corrected chi connectivity index (χ0v) is 14.4. The first-order valence-corrected chi connectivity index (χ1v) is 8.10. The Morgan fingerprint density at radius 3 is 2.30 bits per heavy atom. The minimum atomic E-state index is -4.86. The Bertz CT molecular complexity index is 859. The van der Waals surface area contributed by atoms with Gasteiger partial charge in [0.05, 0.1) is 12.1 Å². The summed E-state index contributed by atoms with van der Waals surface area (Å²) >= 11 is 0. The topological polar surface area (TPSA) is 56.3 Å². The molecule has 0 amide bonds. The highest BCUT2D eigenvalue weighted by molar-refractivity contribution is 5.86. The normalized spacial score (nSPS) is 15.0. The van der Waals surface area contributed by atoms with E-state index < -0.39 is 42.2 Å². The van der Waals surface area contributed by atoms with E-state index in [1.165, 1.54) is 17.0 Å². The van der Waals surface area contributed by atoms with Crippen molar-refractivity contribution >= 4 is 16.6 Å². The van der Waals surface area contributed by atoms with E-state index in [0.29, 0.717) is 12.5 Å². The first-order chi connectivity index (χ1) is 12.3. The lowest BCUT2D eigenvalue weighted by Crippen LogP contribution is -2.44. The lowest BCUT2D eigenvalue weighted by atomic mass is 10.1. The molecule has 150 valence electrons. The second-order valence-electron chi connectivity index (χ2n) is 6.24. The maximum atomic E-state index is 13.3. The van der Waals surface area contributed by atoms with Crippen molar-refractivity contribution in [3.05, 3.63) is 40.2 Å². The van der Waals surface area contributed by atoms with Crippen LogP contribution < -0.4 is 10.5 Å². The molecule has 1 aromatic carbocycles. The number of aromatic amines is 1. The molecule has 0 aliphatic rings. The largest absolute Gasteiger partial charge is 0.417 e. The van der Waals surface area contributed by atoms with Gasteiger partial charge >= 0.3 is 12.4 Å². The molecule has 0 radical (unpaired) electrons. The van der Waals surface area contributed by atoms with Crippen molar-refractivity contribution in [3.8, 4) is 0 Å². The Labute approximate surface area is 150 Å². The lowest BCUT2D eigenvalue weighted by Gasteiger charge is -2.33. The van der Waals surface area contributed by atoms with Crippen LogP contribution in [0.5, 0.6) is 0 Å². The van der Waals surface area contributed by atoms with E-state index in [1.807, 2.05) is 0 Å². The van der Waals surface area contributed by atoms with Gasteiger partial charge in [0, 0.05) is 28.7 Å². The molecule has 27 heavy (non-hydrogen) atoms. The summed E-state index contributed by atoms with van der Waals surface area (Å²) in [7, 11) is 0. The van der Waals surface area contributed by atoms with Crippen molar-refractivity contribution in [1.82, 2.24) is 4.98 Å². The molecule has 0 spiro atoms. The van der Waals surface area contributed by atoms with Crippen LogP contribution in [0.15, 0.2) is 29.1 Å². The SMILES string of the molecule is CC[C@@H](C)N(C[C@@H](O)C(F)(F)F)c1ccc2[nH]c(=O)cc(C(F)(F)F)c2c1. The van der Waals surface area contributed by atoms with Crippen molar-refractivity contribution < 1.29 is 31.4 Å². The van der Waals surface area contributed by atoms with E-state index in [-0.39, 0.29) is 16.6 Å². The molecule has 0 saturated heterocycles. The van der Waals surface area contributed by atoms with E-state index in [1.54, 1.807) is 13.8 Å². The predicted octanol–water partition coefficient (Wildman–Crippen LogP) is 4.08. The summed E-state index contributed by atoms with van der Waals surface area (Å²) in [6.07, 6.45) is -11.9. The summed E-state index contributed by atoms with van der Waals surface area (Å²) in [6, 6.07) is 3.52. The van der Waals surface area contributed by atoms with Crippen molar-refractivity contribution in [2.45, 2.75) is 44.8 Å². The molecule has 0 unspecified atom stereocenters. The van der Waals surface area contributed by atoms with Crippen molar-refractivity contribution in [3.63, 3.8) is 0 Å². The van der Waals surface area contributed by atoms with Gasteiger partial charge in [0.15, 0.2) is 6.10 Å². The van der Waals surface area contributed by atoms with Gasteiger partial charge in [0.2, 0.25) is 5.56 Å². The molecule has 2 atom stereocenters. The summed E-state index contributed by atoms with van der Waals surface area (Å²) in [5, 5.41) is 9.06. The van der Waals surface area contributed by atoms with Crippen LogP contribution in [0, 0.1) is 0 Å². The summed E-state index contributed by atoms with van der Waals surface area (Å²) < 4.78 is 78.0. The average molecular weight is 396 g/mol.